The van der Waals surface area contributed by atoms with Crippen LogP contribution in [-0.4, -0.2) is 103 Å². The van der Waals surface area contributed by atoms with Crippen LogP contribution in [0.1, 0.15) is 107 Å². The maximum absolute atomic E-state index is 12.8. The second-order valence-electron chi connectivity index (χ2n) is 12.0. The number of rotatable bonds is 24. The summed E-state index contributed by atoms with van der Waals surface area (Å²) in [5.74, 6) is 13.4. The van der Waals surface area contributed by atoms with E-state index in [2.05, 4.69) is 41.0 Å². The molecule has 314 valence electrons. The molecule has 0 heterocycles. The molecule has 0 amide bonds. The highest BCUT2D eigenvalue weighted by Crippen LogP contribution is 2.49. The van der Waals surface area contributed by atoms with Crippen molar-refractivity contribution in [1.82, 2.24) is 6.15 Å². The van der Waals surface area contributed by atoms with Gasteiger partial charge in [0.2, 0.25) is 0 Å². The average molecular weight is 808 g/mol. The summed E-state index contributed by atoms with van der Waals surface area (Å²) in [6, 6.07) is 0. The van der Waals surface area contributed by atoms with Gasteiger partial charge in [0.15, 0.2) is 6.10 Å². The van der Waals surface area contributed by atoms with E-state index in [0.717, 1.165) is 32.1 Å². The standard InChI is InChI=1S/C34H50O16P2.H3N.7H2/c1-3-5-7-9-11-12-13-14-15-16-17-19-21-23-28(36)48-26(24-46-27(35)22-20-18-10-8-6-4-2)25-47-52(44,45)50-34-31(39)29(37)30(38)33(32(34)40)49-51(41,42)43;;;;;;;;/h2,26,29-34,37-40H,3,5,7,9,11-17,19,21,23-25H2,1H3,(H,44,45)(H2,41,42,43);1H3;7*1H/t26-,29-,30+,31?,32+,33?,34?;;;;;;;;/m1......../s1. The van der Waals surface area contributed by atoms with Gasteiger partial charge in [0.25, 0.3) is 0 Å². The summed E-state index contributed by atoms with van der Waals surface area (Å²) >= 11 is 0. The van der Waals surface area contributed by atoms with E-state index in [-0.39, 0.29) is 22.6 Å². The van der Waals surface area contributed by atoms with Crippen molar-refractivity contribution in [1.29, 1.82) is 0 Å². The lowest BCUT2D eigenvalue weighted by Crippen LogP contribution is -2.64. The molecular formula is C34H67NO16P2. The number of terminal acetylenes is 1. The van der Waals surface area contributed by atoms with Gasteiger partial charge < -0.3 is 50.7 Å². The Kier molecular flexibility index (Phi) is 26.3. The molecule has 0 aromatic rings. The summed E-state index contributed by atoms with van der Waals surface area (Å²) in [4.78, 5) is 53.1. The van der Waals surface area contributed by atoms with Crippen molar-refractivity contribution < 1.29 is 86.9 Å². The molecule has 4 unspecified atom stereocenters. The molecule has 1 aliphatic rings. The third kappa shape index (κ3) is 22.9. The van der Waals surface area contributed by atoms with Gasteiger partial charge in [0.05, 0.1) is 6.61 Å². The summed E-state index contributed by atoms with van der Waals surface area (Å²) in [5.41, 5.74) is 0. The van der Waals surface area contributed by atoms with Crippen LogP contribution in [0.15, 0.2) is 0 Å². The van der Waals surface area contributed by atoms with Gasteiger partial charge in [-0.15, -0.1) is 6.42 Å². The van der Waals surface area contributed by atoms with Crippen LogP contribution in [-0.2, 0) is 41.8 Å². The molecule has 19 heteroatoms. The molecule has 1 rings (SSSR count). The number of hydrogen-bond acceptors (Lipinski definition) is 14. The molecule has 8 atom stereocenters. The van der Waals surface area contributed by atoms with Crippen molar-refractivity contribution in [3.63, 3.8) is 0 Å². The molecule has 0 bridgehead atoms. The lowest BCUT2D eigenvalue weighted by molar-refractivity contribution is -0.216. The molecule has 0 aromatic carbocycles. The highest BCUT2D eigenvalue weighted by molar-refractivity contribution is 7.47. The third-order valence-corrected chi connectivity index (χ3v) is 9.16. The Morgan fingerprint density at radius 2 is 1.19 bits per heavy atom. The summed E-state index contributed by atoms with van der Waals surface area (Å²) in [6.45, 7) is 0.549. The topological polar surface area (TPSA) is 291 Å². The molecule has 53 heavy (non-hydrogen) atoms. The Balaban J connectivity index is -0.000000563. The predicted molar refractivity (Wildman–Crippen MR) is 205 cm³/mol. The van der Waals surface area contributed by atoms with Crippen molar-refractivity contribution in [2.45, 2.75) is 140 Å². The lowest BCUT2D eigenvalue weighted by atomic mass is 9.85. The molecule has 0 spiro atoms. The number of carbonyl (C=O) groups excluding carboxylic acids is 2. The number of unbranched alkanes of at least 4 members (excludes halogenated alkanes) is 12. The molecule has 1 saturated carbocycles. The summed E-state index contributed by atoms with van der Waals surface area (Å²) in [5, 5.41) is 40.8. The van der Waals surface area contributed by atoms with E-state index in [1.54, 1.807) is 0 Å². The van der Waals surface area contributed by atoms with E-state index in [9.17, 15) is 44.0 Å². The highest BCUT2D eigenvalue weighted by Gasteiger charge is 2.54. The number of aliphatic hydroxyl groups is 4. The maximum Gasteiger partial charge on any atom is 0.472 e. The first-order valence-corrected chi connectivity index (χ1v) is 20.1. The SMILES string of the molecule is C#CC#CC#CC#CC(=O)OC[C@H](COP(=O)(O)OC1C(O)[C@H](O)[C@H](O)C(OP(=O)(O)O)[C@@H]1O)OC(=O)CCCCCCCCCCCCCCC.N.[HH].[HH].[HH].[HH].[HH].[HH].[HH]. The van der Waals surface area contributed by atoms with Crippen LogP contribution in [0.3, 0.4) is 0 Å². The Hall–Kier alpha value is -2.80. The highest BCUT2D eigenvalue weighted by atomic mass is 31.2. The van der Waals surface area contributed by atoms with Crippen molar-refractivity contribution in [3.8, 4) is 47.9 Å². The van der Waals surface area contributed by atoms with Crippen LogP contribution in [0.4, 0.5) is 0 Å². The molecule has 17 nitrogen and oxygen atoms in total. The molecule has 0 radical (unpaired) electrons. The third-order valence-electron chi connectivity index (χ3n) is 7.65. The van der Waals surface area contributed by atoms with Gasteiger partial charge in [0, 0.05) is 22.3 Å². The Labute approximate surface area is 321 Å². The van der Waals surface area contributed by atoms with Crippen molar-refractivity contribution in [2.24, 2.45) is 0 Å². The van der Waals surface area contributed by atoms with Crippen LogP contribution in [0, 0.1) is 47.9 Å². The van der Waals surface area contributed by atoms with Gasteiger partial charge in [-0.05, 0) is 41.9 Å². The first-order valence-electron chi connectivity index (χ1n) is 17.1. The van der Waals surface area contributed by atoms with Crippen molar-refractivity contribution in [3.05, 3.63) is 0 Å². The van der Waals surface area contributed by atoms with E-state index in [4.69, 9.17) is 34.7 Å². The number of hydrogen-bond donors (Lipinski definition) is 8. The van der Waals surface area contributed by atoms with Crippen LogP contribution in [0.5, 0.6) is 0 Å². The lowest BCUT2D eigenvalue weighted by Gasteiger charge is -2.43. The Bertz CT molecular complexity index is 1460. The zero-order valence-electron chi connectivity index (χ0n) is 29.8. The first kappa shape index (κ1) is 50.2. The molecule has 1 aliphatic carbocycles. The number of phosphoric acid groups is 2. The molecule has 10 N–H and O–H groups in total. The van der Waals surface area contributed by atoms with Crippen molar-refractivity contribution >= 4 is 27.6 Å². The Morgan fingerprint density at radius 3 is 1.72 bits per heavy atom. The van der Waals surface area contributed by atoms with Crippen LogP contribution in [0.25, 0.3) is 0 Å². The van der Waals surface area contributed by atoms with Crippen LogP contribution < -0.4 is 6.15 Å². The number of esters is 2. The van der Waals surface area contributed by atoms with Gasteiger partial charge in [-0.25, -0.2) is 13.9 Å². The number of carbonyl (C=O) groups is 2. The summed E-state index contributed by atoms with van der Waals surface area (Å²) in [6.07, 6.45) is 4.03. The minimum absolute atomic E-state index is 0. The normalized spacial score (nSPS) is 22.4. The second kappa shape index (κ2) is 27.7. The first-order chi connectivity index (χ1) is 24.6. The van der Waals surface area contributed by atoms with Gasteiger partial charge in [-0.2, -0.15) is 0 Å². The largest absolute Gasteiger partial charge is 0.472 e. The van der Waals surface area contributed by atoms with E-state index < -0.39 is 83.5 Å². The van der Waals surface area contributed by atoms with E-state index >= 15 is 0 Å². The fourth-order valence-electron chi connectivity index (χ4n) is 5.02. The number of aliphatic hydroxyl groups excluding tert-OH is 4. The second-order valence-corrected chi connectivity index (χ2v) is 14.6. The zero-order chi connectivity index (χ0) is 39.0. The minimum atomic E-state index is -5.38. The maximum atomic E-state index is 12.8. The van der Waals surface area contributed by atoms with Gasteiger partial charge in [0.1, 0.15) is 43.2 Å². The molecular weight excluding hydrogens is 740 g/mol. The fourth-order valence-corrected chi connectivity index (χ4v) is 6.56. The predicted octanol–water partition coefficient (Wildman–Crippen LogP) is 3.89. The van der Waals surface area contributed by atoms with Gasteiger partial charge >= 0.3 is 27.6 Å². The molecule has 0 saturated heterocycles. The number of phosphoric ester groups is 2. The van der Waals surface area contributed by atoms with E-state index in [1.807, 2.05) is 11.8 Å². The monoisotopic (exact) mass is 807 g/mol. The van der Waals surface area contributed by atoms with Crippen LogP contribution in [0.2, 0.25) is 0 Å². The smallest absolute Gasteiger partial charge is 0.456 e. The average Bonchev–Trinajstić information content (AvgIpc) is 3.08. The summed E-state index contributed by atoms with van der Waals surface area (Å²) < 4.78 is 48.2. The fraction of sp³-hybridized carbons (Fsp3) is 0.706. The molecule has 1 fully saturated rings. The van der Waals surface area contributed by atoms with Gasteiger partial charge in [-0.3, -0.25) is 18.4 Å². The van der Waals surface area contributed by atoms with Crippen molar-refractivity contribution in [2.75, 3.05) is 13.2 Å². The Morgan fingerprint density at radius 1 is 0.698 bits per heavy atom. The zero-order valence-corrected chi connectivity index (χ0v) is 31.6. The minimum Gasteiger partial charge on any atom is -0.456 e. The summed E-state index contributed by atoms with van der Waals surface area (Å²) in [7, 11) is -10.7. The molecule has 0 aliphatic heterocycles. The van der Waals surface area contributed by atoms with E-state index in [1.165, 1.54) is 44.9 Å². The number of ether oxygens (including phenoxy) is 2. The van der Waals surface area contributed by atoms with Crippen LogP contribution >= 0.6 is 15.6 Å². The van der Waals surface area contributed by atoms with Gasteiger partial charge in [-0.1, -0.05) is 84.0 Å². The molecule has 0 aromatic heterocycles. The van der Waals surface area contributed by atoms with E-state index in [0.29, 0.717) is 6.42 Å². The quantitative estimate of drug-likeness (QED) is 0.0226.